The quantitative estimate of drug-likeness (QED) is 0.802. The van der Waals surface area contributed by atoms with Crippen LogP contribution in [0.4, 0.5) is 0 Å². The Morgan fingerprint density at radius 1 is 1.32 bits per heavy atom. The molecule has 0 aliphatic rings. The van der Waals surface area contributed by atoms with Crippen molar-refractivity contribution in [3.8, 4) is 11.4 Å². The van der Waals surface area contributed by atoms with Crippen molar-refractivity contribution in [1.29, 1.82) is 0 Å². The summed E-state index contributed by atoms with van der Waals surface area (Å²) in [6.45, 7) is 4.27. The summed E-state index contributed by atoms with van der Waals surface area (Å²) in [6.07, 6.45) is 0. The molecule has 0 atom stereocenters. The Kier molecular flexibility index (Phi) is 4.23. The van der Waals surface area contributed by atoms with Gasteiger partial charge >= 0.3 is 0 Å². The average Bonchev–Trinajstić information content (AvgIpc) is 2.59. The maximum absolute atomic E-state index is 6.14. The van der Waals surface area contributed by atoms with Gasteiger partial charge in [0.1, 0.15) is 5.15 Å². The second kappa shape index (κ2) is 5.56. The zero-order valence-corrected chi connectivity index (χ0v) is 13.5. The van der Waals surface area contributed by atoms with Gasteiger partial charge in [-0.1, -0.05) is 11.6 Å². The summed E-state index contributed by atoms with van der Waals surface area (Å²) >= 11 is 9.51. The van der Waals surface area contributed by atoms with Crippen molar-refractivity contribution >= 4 is 27.5 Å². The molecule has 2 rings (SSSR count). The fraction of sp³-hybridized carbons (Fsp3) is 0.417. The Balaban J connectivity index is 2.62. The maximum Gasteiger partial charge on any atom is 0.164 e. The third kappa shape index (κ3) is 2.66. The van der Waals surface area contributed by atoms with Crippen molar-refractivity contribution in [2.24, 2.45) is 7.05 Å². The van der Waals surface area contributed by atoms with Crippen LogP contribution in [0.2, 0.25) is 5.15 Å². The maximum atomic E-state index is 6.14. The molecule has 0 saturated carbocycles. The molecule has 0 bridgehead atoms. The van der Waals surface area contributed by atoms with Crippen molar-refractivity contribution < 1.29 is 4.74 Å². The van der Waals surface area contributed by atoms with E-state index in [0.29, 0.717) is 22.1 Å². The zero-order chi connectivity index (χ0) is 14.2. The highest BCUT2D eigenvalue weighted by Crippen LogP contribution is 2.30. The number of halogens is 2. The van der Waals surface area contributed by atoms with Gasteiger partial charge in [0.15, 0.2) is 5.82 Å². The molecule has 19 heavy (non-hydrogen) atoms. The van der Waals surface area contributed by atoms with Crippen molar-refractivity contribution in [1.82, 2.24) is 19.7 Å². The van der Waals surface area contributed by atoms with E-state index >= 15 is 0 Å². The van der Waals surface area contributed by atoms with E-state index in [0.717, 1.165) is 22.6 Å². The number of methoxy groups -OCH3 is 1. The van der Waals surface area contributed by atoms with E-state index in [1.807, 2.05) is 20.9 Å². The molecule has 0 unspecified atom stereocenters. The zero-order valence-electron chi connectivity index (χ0n) is 11.2. The van der Waals surface area contributed by atoms with E-state index < -0.39 is 0 Å². The first kappa shape index (κ1) is 14.4. The minimum atomic E-state index is 0.369. The number of hydrogen-bond acceptors (Lipinski definition) is 4. The average molecular weight is 346 g/mol. The molecule has 2 heterocycles. The van der Waals surface area contributed by atoms with Crippen LogP contribution in [0.1, 0.15) is 17.1 Å². The van der Waals surface area contributed by atoms with Gasteiger partial charge in [0.25, 0.3) is 0 Å². The van der Waals surface area contributed by atoms with E-state index in [-0.39, 0.29) is 0 Å². The predicted molar refractivity (Wildman–Crippen MR) is 77.1 cm³/mol. The molecule has 0 radical (unpaired) electrons. The number of ether oxygens (including phenoxy) is 1. The summed E-state index contributed by atoms with van der Waals surface area (Å²) in [5.41, 5.74) is 3.51. The number of hydrogen-bond donors (Lipinski definition) is 0. The monoisotopic (exact) mass is 344 g/mol. The van der Waals surface area contributed by atoms with Crippen LogP contribution in [-0.4, -0.2) is 26.9 Å². The molecular formula is C12H14BrClN4O. The third-order valence-corrected chi connectivity index (χ3v) is 4.23. The topological polar surface area (TPSA) is 52.8 Å². The summed E-state index contributed by atoms with van der Waals surface area (Å²) in [6, 6.07) is 0. The number of aromatic nitrogens is 4. The highest BCUT2D eigenvalue weighted by atomic mass is 79.9. The van der Waals surface area contributed by atoms with Gasteiger partial charge < -0.3 is 4.74 Å². The van der Waals surface area contributed by atoms with E-state index in [2.05, 4.69) is 31.0 Å². The van der Waals surface area contributed by atoms with Crippen molar-refractivity contribution in [3.05, 3.63) is 26.7 Å². The Labute approximate surface area is 125 Å². The molecule has 2 aromatic rings. The standard InChI is InChI=1S/C12H14BrClN4O/c1-6-9(7(2)18(3)17-6)12-15-8(5-19-4)10(13)11(14)16-12/h5H2,1-4H3. The summed E-state index contributed by atoms with van der Waals surface area (Å²) in [5.74, 6) is 0.573. The van der Waals surface area contributed by atoms with Gasteiger partial charge in [-0.3, -0.25) is 4.68 Å². The number of rotatable bonds is 3. The van der Waals surface area contributed by atoms with Gasteiger partial charge in [0.2, 0.25) is 0 Å². The van der Waals surface area contributed by atoms with Crippen LogP contribution < -0.4 is 0 Å². The Morgan fingerprint density at radius 2 is 2.00 bits per heavy atom. The van der Waals surface area contributed by atoms with Crippen molar-refractivity contribution in [2.45, 2.75) is 20.5 Å². The third-order valence-electron chi connectivity index (χ3n) is 2.89. The van der Waals surface area contributed by atoms with Crippen LogP contribution >= 0.6 is 27.5 Å². The lowest BCUT2D eigenvalue weighted by Gasteiger charge is -2.08. The van der Waals surface area contributed by atoms with E-state index in [1.165, 1.54) is 0 Å². The molecular weight excluding hydrogens is 332 g/mol. The Bertz CT molecular complexity index is 627. The molecule has 0 aliphatic carbocycles. The first-order valence-corrected chi connectivity index (χ1v) is 6.84. The number of nitrogens with zero attached hydrogens (tertiary/aromatic N) is 4. The minimum absolute atomic E-state index is 0.369. The van der Waals surface area contributed by atoms with Gasteiger partial charge in [-0.15, -0.1) is 0 Å². The smallest absolute Gasteiger partial charge is 0.164 e. The van der Waals surface area contributed by atoms with E-state index in [4.69, 9.17) is 16.3 Å². The highest BCUT2D eigenvalue weighted by Gasteiger charge is 2.18. The predicted octanol–water partition coefficient (Wildman–Crippen LogP) is 3.06. The normalized spacial score (nSPS) is 11.1. The molecule has 7 heteroatoms. The second-order valence-electron chi connectivity index (χ2n) is 4.20. The molecule has 102 valence electrons. The lowest BCUT2D eigenvalue weighted by atomic mass is 10.2. The summed E-state index contributed by atoms with van der Waals surface area (Å²) < 4.78 is 7.59. The first-order chi connectivity index (χ1) is 8.95. The van der Waals surface area contributed by atoms with Gasteiger partial charge in [0.05, 0.1) is 28.0 Å². The van der Waals surface area contributed by atoms with Gasteiger partial charge in [0, 0.05) is 19.9 Å². The van der Waals surface area contributed by atoms with Crippen LogP contribution in [0, 0.1) is 13.8 Å². The van der Waals surface area contributed by atoms with Crippen molar-refractivity contribution in [2.75, 3.05) is 7.11 Å². The second-order valence-corrected chi connectivity index (χ2v) is 5.35. The molecule has 0 aliphatic heterocycles. The highest BCUT2D eigenvalue weighted by molar-refractivity contribution is 9.10. The largest absolute Gasteiger partial charge is 0.378 e. The molecule has 2 aromatic heterocycles. The molecule has 5 nitrogen and oxygen atoms in total. The molecule has 0 spiro atoms. The lowest BCUT2D eigenvalue weighted by Crippen LogP contribution is -2.01. The Morgan fingerprint density at radius 3 is 2.53 bits per heavy atom. The van der Waals surface area contributed by atoms with Gasteiger partial charge in [-0.2, -0.15) is 5.10 Å². The van der Waals surface area contributed by atoms with Gasteiger partial charge in [-0.05, 0) is 29.8 Å². The molecule has 0 fully saturated rings. The lowest BCUT2D eigenvalue weighted by molar-refractivity contribution is 0.181. The minimum Gasteiger partial charge on any atom is -0.378 e. The van der Waals surface area contributed by atoms with Crippen LogP contribution in [0.5, 0.6) is 0 Å². The molecule has 0 aromatic carbocycles. The molecule has 0 saturated heterocycles. The number of aryl methyl sites for hydroxylation is 2. The van der Waals surface area contributed by atoms with Crippen LogP contribution in [-0.2, 0) is 18.4 Å². The van der Waals surface area contributed by atoms with Crippen LogP contribution in [0.25, 0.3) is 11.4 Å². The van der Waals surface area contributed by atoms with Crippen molar-refractivity contribution in [3.63, 3.8) is 0 Å². The summed E-state index contributed by atoms with van der Waals surface area (Å²) in [4.78, 5) is 8.83. The van der Waals surface area contributed by atoms with Crippen LogP contribution in [0.3, 0.4) is 0 Å². The van der Waals surface area contributed by atoms with E-state index in [9.17, 15) is 0 Å². The first-order valence-electron chi connectivity index (χ1n) is 5.67. The fourth-order valence-corrected chi connectivity index (χ4v) is 2.39. The summed E-state index contributed by atoms with van der Waals surface area (Å²) in [7, 11) is 3.51. The Hall–Kier alpha value is -0.980. The van der Waals surface area contributed by atoms with Gasteiger partial charge in [-0.25, -0.2) is 9.97 Å². The van der Waals surface area contributed by atoms with E-state index in [1.54, 1.807) is 11.8 Å². The molecule has 0 N–H and O–H groups in total. The molecule has 0 amide bonds. The SMILES string of the molecule is COCc1nc(-c2c(C)nn(C)c2C)nc(Cl)c1Br. The van der Waals surface area contributed by atoms with Crippen LogP contribution in [0.15, 0.2) is 4.47 Å². The fourth-order valence-electron chi connectivity index (χ4n) is 1.90. The summed E-state index contributed by atoms with van der Waals surface area (Å²) in [5, 5.41) is 4.74.